The van der Waals surface area contributed by atoms with Crippen LogP contribution in [-0.4, -0.2) is 11.2 Å². The first-order valence-electron chi connectivity index (χ1n) is 12.5. The van der Waals surface area contributed by atoms with Crippen molar-refractivity contribution in [1.29, 1.82) is 0 Å². The van der Waals surface area contributed by atoms with Gasteiger partial charge in [-0.25, -0.2) is 0 Å². The van der Waals surface area contributed by atoms with Crippen molar-refractivity contribution in [2.24, 2.45) is 35.0 Å². The van der Waals surface area contributed by atoms with Gasteiger partial charge in [-0.05, 0) is 91.9 Å². The van der Waals surface area contributed by atoms with Crippen LogP contribution >= 0.6 is 0 Å². The first-order valence-corrected chi connectivity index (χ1v) is 12.5. The predicted molar refractivity (Wildman–Crippen MR) is 126 cm³/mol. The Morgan fingerprint density at radius 3 is 2.55 bits per heavy atom. The minimum absolute atomic E-state index is 0.174. The summed E-state index contributed by atoms with van der Waals surface area (Å²) in [4.78, 5) is 0. The van der Waals surface area contributed by atoms with Crippen LogP contribution in [0.25, 0.3) is 0 Å². The Morgan fingerprint density at radius 1 is 1.07 bits per heavy atom. The molecule has 0 aromatic heterocycles. The van der Waals surface area contributed by atoms with E-state index >= 15 is 0 Å². The second kappa shape index (κ2) is 9.54. The summed E-state index contributed by atoms with van der Waals surface area (Å²) in [5.74, 6) is 4.14. The molecule has 6 atom stereocenters. The van der Waals surface area contributed by atoms with Gasteiger partial charge in [0.2, 0.25) is 0 Å². The molecule has 0 aliphatic heterocycles. The van der Waals surface area contributed by atoms with Gasteiger partial charge in [0.25, 0.3) is 0 Å². The molecule has 164 valence electrons. The quantitative estimate of drug-likeness (QED) is 0.482. The largest absolute Gasteiger partial charge is 0.393 e. The van der Waals surface area contributed by atoms with Crippen LogP contribution < -0.4 is 0 Å². The molecule has 0 aromatic carbocycles. The number of rotatable bonds is 6. The van der Waals surface area contributed by atoms with Crippen molar-refractivity contribution in [2.45, 2.75) is 105 Å². The molecule has 3 aliphatic rings. The van der Waals surface area contributed by atoms with Gasteiger partial charge < -0.3 is 5.11 Å². The topological polar surface area (TPSA) is 20.2 Å². The Hall–Kier alpha value is -0.820. The fourth-order valence-electron chi connectivity index (χ4n) is 6.67. The van der Waals surface area contributed by atoms with E-state index in [1.54, 1.807) is 5.57 Å². The van der Waals surface area contributed by atoms with Crippen LogP contribution in [0.4, 0.5) is 0 Å². The fourth-order valence-corrected chi connectivity index (χ4v) is 6.67. The standard InChI is InChI=1S/C28H46O/c1-19(2)20(3)9-10-22(5)26-15-16-27-23(8-7-17-28(26,27)6)12-13-24-18-25(29)14-11-21(24)4/h12-13,19-20,22,25-27,29H,4,7-11,14-18H2,1-3,5-6H3/b23-12+,24-13+/t20-,22+,25-,26+,27-,28+/m0/s1. The van der Waals surface area contributed by atoms with Crippen LogP contribution in [0.2, 0.25) is 0 Å². The van der Waals surface area contributed by atoms with Gasteiger partial charge in [0.1, 0.15) is 0 Å². The van der Waals surface area contributed by atoms with Crippen molar-refractivity contribution < 1.29 is 5.11 Å². The van der Waals surface area contributed by atoms with E-state index in [1.807, 2.05) is 0 Å². The van der Waals surface area contributed by atoms with Crippen LogP contribution in [0.5, 0.6) is 0 Å². The molecule has 3 rings (SSSR count). The molecule has 0 spiro atoms. The number of fused-ring (bicyclic) bond motifs is 1. The summed E-state index contributed by atoms with van der Waals surface area (Å²) >= 11 is 0. The molecule has 0 radical (unpaired) electrons. The van der Waals surface area contributed by atoms with Crippen LogP contribution in [0.3, 0.4) is 0 Å². The van der Waals surface area contributed by atoms with Crippen molar-refractivity contribution in [3.8, 4) is 0 Å². The van der Waals surface area contributed by atoms with Crippen LogP contribution in [0.1, 0.15) is 98.8 Å². The zero-order chi connectivity index (χ0) is 21.2. The smallest absolute Gasteiger partial charge is 0.0583 e. The maximum atomic E-state index is 10.0. The number of hydrogen-bond donors (Lipinski definition) is 1. The molecule has 1 nitrogen and oxygen atoms in total. The summed E-state index contributed by atoms with van der Waals surface area (Å²) in [6, 6.07) is 0. The molecular formula is C28H46O. The molecule has 3 aliphatic carbocycles. The summed E-state index contributed by atoms with van der Waals surface area (Å²) in [7, 11) is 0. The molecule has 29 heavy (non-hydrogen) atoms. The molecule has 1 heteroatoms. The van der Waals surface area contributed by atoms with Gasteiger partial charge in [-0.3, -0.25) is 0 Å². The monoisotopic (exact) mass is 398 g/mol. The van der Waals surface area contributed by atoms with Crippen molar-refractivity contribution in [1.82, 2.24) is 0 Å². The van der Waals surface area contributed by atoms with Gasteiger partial charge >= 0.3 is 0 Å². The highest BCUT2D eigenvalue weighted by Crippen LogP contribution is 2.60. The van der Waals surface area contributed by atoms with E-state index in [0.717, 1.165) is 48.9 Å². The Labute approximate surface area is 180 Å². The second-order valence-electron chi connectivity index (χ2n) is 11.3. The van der Waals surface area contributed by atoms with E-state index in [1.165, 1.54) is 56.1 Å². The van der Waals surface area contributed by atoms with Crippen molar-refractivity contribution in [3.63, 3.8) is 0 Å². The minimum Gasteiger partial charge on any atom is -0.393 e. The number of aliphatic hydroxyl groups excluding tert-OH is 1. The lowest BCUT2D eigenvalue weighted by Gasteiger charge is -2.44. The first kappa shape index (κ1) is 22.9. The van der Waals surface area contributed by atoms with Gasteiger partial charge in [-0.2, -0.15) is 0 Å². The SMILES string of the molecule is C=C1CC[C@H](O)C/C1=C\C=C1/CCC[C@]2(C)[C@@H]([C@H](C)CC[C@H](C)C(C)C)CC[C@@H]12. The van der Waals surface area contributed by atoms with E-state index in [9.17, 15) is 5.11 Å². The van der Waals surface area contributed by atoms with Crippen molar-refractivity contribution in [2.75, 3.05) is 0 Å². The molecule has 0 aromatic rings. The lowest BCUT2D eigenvalue weighted by Crippen LogP contribution is -2.36. The van der Waals surface area contributed by atoms with E-state index in [2.05, 4.69) is 53.3 Å². The maximum Gasteiger partial charge on any atom is 0.0583 e. The summed E-state index contributed by atoms with van der Waals surface area (Å²) in [5.41, 5.74) is 4.70. The van der Waals surface area contributed by atoms with Crippen molar-refractivity contribution >= 4 is 0 Å². The lowest BCUT2D eigenvalue weighted by molar-refractivity contribution is 0.0907. The average Bonchev–Trinajstić information content (AvgIpc) is 3.04. The molecule has 0 heterocycles. The molecule has 0 bridgehead atoms. The molecule has 0 saturated heterocycles. The molecule has 0 unspecified atom stereocenters. The highest BCUT2D eigenvalue weighted by molar-refractivity contribution is 5.36. The molecule has 1 N–H and O–H groups in total. The first-order chi connectivity index (χ1) is 13.7. The second-order valence-corrected chi connectivity index (χ2v) is 11.3. The summed E-state index contributed by atoms with van der Waals surface area (Å²) < 4.78 is 0. The van der Waals surface area contributed by atoms with Crippen LogP contribution in [0.15, 0.2) is 35.5 Å². The number of allylic oxidation sites excluding steroid dienone is 4. The Morgan fingerprint density at radius 2 is 1.83 bits per heavy atom. The average molecular weight is 399 g/mol. The van der Waals surface area contributed by atoms with Crippen molar-refractivity contribution in [3.05, 3.63) is 35.5 Å². The Bertz CT molecular complexity index is 639. The molecule has 3 fully saturated rings. The molecular weight excluding hydrogens is 352 g/mol. The summed E-state index contributed by atoms with van der Waals surface area (Å²) in [5, 5.41) is 10.0. The Kier molecular flexibility index (Phi) is 7.52. The number of aliphatic hydroxyl groups is 1. The molecule has 0 amide bonds. The Balaban J connectivity index is 1.70. The normalized spacial score (nSPS) is 37.9. The maximum absolute atomic E-state index is 10.0. The van der Waals surface area contributed by atoms with Gasteiger partial charge in [0.05, 0.1) is 6.10 Å². The lowest BCUT2D eigenvalue weighted by atomic mass is 9.60. The fraction of sp³-hybridized carbons (Fsp3) is 0.786. The van der Waals surface area contributed by atoms with Gasteiger partial charge in [0, 0.05) is 0 Å². The summed E-state index contributed by atoms with van der Waals surface area (Å²) in [6.07, 6.45) is 16.8. The summed E-state index contributed by atoms with van der Waals surface area (Å²) in [6.45, 7) is 16.6. The zero-order valence-corrected chi connectivity index (χ0v) is 19.8. The van der Waals surface area contributed by atoms with Gasteiger partial charge in [-0.1, -0.05) is 77.3 Å². The van der Waals surface area contributed by atoms with E-state index in [0.29, 0.717) is 5.41 Å². The van der Waals surface area contributed by atoms with E-state index < -0.39 is 0 Å². The third-order valence-corrected chi connectivity index (χ3v) is 9.13. The highest BCUT2D eigenvalue weighted by Gasteiger charge is 2.50. The third-order valence-electron chi connectivity index (χ3n) is 9.13. The zero-order valence-electron chi connectivity index (χ0n) is 19.8. The van der Waals surface area contributed by atoms with Gasteiger partial charge in [0.15, 0.2) is 0 Å². The van der Waals surface area contributed by atoms with E-state index in [4.69, 9.17) is 0 Å². The van der Waals surface area contributed by atoms with E-state index in [-0.39, 0.29) is 6.10 Å². The number of hydrogen-bond acceptors (Lipinski definition) is 1. The third kappa shape index (κ3) is 5.09. The molecule has 3 saturated carbocycles. The highest BCUT2D eigenvalue weighted by atomic mass is 16.3. The van der Waals surface area contributed by atoms with Gasteiger partial charge in [-0.15, -0.1) is 0 Å². The predicted octanol–water partition coefficient (Wildman–Crippen LogP) is 7.87. The van der Waals surface area contributed by atoms with Crippen LogP contribution in [0, 0.1) is 35.0 Å². The minimum atomic E-state index is -0.174. The van der Waals surface area contributed by atoms with Crippen LogP contribution in [-0.2, 0) is 0 Å².